The van der Waals surface area contributed by atoms with Crippen LogP contribution in [0.1, 0.15) is 74.0 Å². The third kappa shape index (κ3) is 5.29. The van der Waals surface area contributed by atoms with E-state index < -0.39 is 17.4 Å². The minimum atomic E-state index is -0.679. The Morgan fingerprint density at radius 2 is 1.87 bits per heavy atom. The van der Waals surface area contributed by atoms with Gasteiger partial charge in [0.2, 0.25) is 0 Å². The van der Waals surface area contributed by atoms with Crippen LogP contribution >= 0.6 is 23.2 Å². The minimum Gasteiger partial charge on any atom is -0.456 e. The quantitative estimate of drug-likeness (QED) is 0.278. The zero-order valence-corrected chi connectivity index (χ0v) is 23.8. The highest BCUT2D eigenvalue weighted by Crippen LogP contribution is 2.45. The summed E-state index contributed by atoms with van der Waals surface area (Å²) in [5.41, 5.74) is 2.96. The molecule has 0 N–H and O–H groups in total. The predicted octanol–water partition coefficient (Wildman–Crippen LogP) is 7.33. The zero-order valence-electron chi connectivity index (χ0n) is 22.3. The number of piperidine rings is 1. The maximum atomic E-state index is 14.9. The van der Waals surface area contributed by atoms with Gasteiger partial charge >= 0.3 is 5.97 Å². The number of hydrogen-bond acceptors (Lipinski definition) is 5. The van der Waals surface area contributed by atoms with E-state index in [1.54, 1.807) is 20.8 Å². The predicted molar refractivity (Wildman–Crippen MR) is 150 cm³/mol. The summed E-state index contributed by atoms with van der Waals surface area (Å²) in [5, 5.41) is 5.75. The second-order valence-corrected chi connectivity index (χ2v) is 12.7. The van der Waals surface area contributed by atoms with Gasteiger partial charge in [-0.25, -0.2) is 13.9 Å². The Labute approximate surface area is 238 Å². The van der Waals surface area contributed by atoms with Crippen molar-refractivity contribution in [2.45, 2.75) is 76.7 Å². The van der Waals surface area contributed by atoms with Gasteiger partial charge in [0.25, 0.3) is 0 Å². The van der Waals surface area contributed by atoms with Crippen molar-refractivity contribution in [1.82, 2.24) is 9.78 Å². The van der Waals surface area contributed by atoms with Gasteiger partial charge in [-0.15, -0.1) is 0 Å². The van der Waals surface area contributed by atoms with Crippen LogP contribution in [0.5, 0.6) is 0 Å². The summed E-state index contributed by atoms with van der Waals surface area (Å²) in [6.45, 7) is 6.52. The maximum absolute atomic E-state index is 14.9. The Hall–Kier alpha value is -2.61. The summed E-state index contributed by atoms with van der Waals surface area (Å²) in [4.78, 5) is 14.6. The lowest BCUT2D eigenvalue weighted by Crippen LogP contribution is -2.38. The number of aromatic nitrogens is 2. The largest absolute Gasteiger partial charge is 0.456 e. The Kier molecular flexibility index (Phi) is 6.89. The molecule has 1 aliphatic heterocycles. The number of halogens is 3. The van der Waals surface area contributed by atoms with Crippen LogP contribution in [-0.4, -0.2) is 40.0 Å². The molecule has 2 aromatic carbocycles. The summed E-state index contributed by atoms with van der Waals surface area (Å²) >= 11 is 13.0. The summed E-state index contributed by atoms with van der Waals surface area (Å²) in [5.74, 6) is -0.358. The number of fused-ring (bicyclic) bond motifs is 2. The SMILES string of the molecule is CC(C)(C)OC(=O)c1ccc(N2C[C@@H]3C[C@H]2C[C@H]3OCc2c(C3CC3)cnn2-c2c(Cl)cccc2Cl)cc1F. The van der Waals surface area contributed by atoms with Crippen molar-refractivity contribution in [3.8, 4) is 5.69 Å². The lowest BCUT2D eigenvalue weighted by Gasteiger charge is -2.33. The highest BCUT2D eigenvalue weighted by Gasteiger charge is 2.46. The van der Waals surface area contributed by atoms with Gasteiger partial charge in [-0.3, -0.25) is 0 Å². The first kappa shape index (κ1) is 26.6. The lowest BCUT2D eigenvalue weighted by molar-refractivity contribution is 0.00647. The van der Waals surface area contributed by atoms with Crippen LogP contribution in [0.25, 0.3) is 5.69 Å². The first-order valence-electron chi connectivity index (χ1n) is 13.5. The van der Waals surface area contributed by atoms with E-state index in [2.05, 4.69) is 10.00 Å². The van der Waals surface area contributed by atoms with E-state index in [4.69, 9.17) is 32.7 Å². The number of para-hydroxylation sites is 1. The Morgan fingerprint density at radius 1 is 1.13 bits per heavy atom. The van der Waals surface area contributed by atoms with E-state index in [1.165, 1.54) is 17.7 Å². The van der Waals surface area contributed by atoms with Crippen molar-refractivity contribution in [2.75, 3.05) is 11.4 Å². The molecule has 0 unspecified atom stereocenters. The molecular formula is C30H32Cl2FN3O3. The summed E-state index contributed by atoms with van der Waals surface area (Å²) in [6.07, 6.45) is 6.19. The highest BCUT2D eigenvalue weighted by molar-refractivity contribution is 6.37. The first-order chi connectivity index (χ1) is 18.6. The van der Waals surface area contributed by atoms with Gasteiger partial charge in [-0.05, 0) is 88.3 Å². The molecular weight excluding hydrogens is 540 g/mol. The van der Waals surface area contributed by atoms with E-state index in [1.807, 2.05) is 35.1 Å². The summed E-state index contributed by atoms with van der Waals surface area (Å²) < 4.78 is 28.6. The van der Waals surface area contributed by atoms with Crippen LogP contribution in [0.15, 0.2) is 42.6 Å². The molecule has 2 heterocycles. The topological polar surface area (TPSA) is 56.6 Å². The molecule has 3 aromatic rings. The zero-order chi connectivity index (χ0) is 27.5. The highest BCUT2D eigenvalue weighted by atomic mass is 35.5. The van der Waals surface area contributed by atoms with Gasteiger partial charge in [-0.1, -0.05) is 29.3 Å². The number of rotatable bonds is 7. The Morgan fingerprint density at radius 3 is 2.49 bits per heavy atom. The van der Waals surface area contributed by atoms with Crippen LogP contribution in [0.2, 0.25) is 10.0 Å². The van der Waals surface area contributed by atoms with Crippen LogP contribution in [0.4, 0.5) is 10.1 Å². The number of nitrogens with zero attached hydrogens (tertiary/aromatic N) is 3. The third-order valence-corrected chi connectivity index (χ3v) is 8.49. The van der Waals surface area contributed by atoms with Gasteiger partial charge in [0.05, 0.1) is 40.2 Å². The normalized spacial score (nSPS) is 22.5. The maximum Gasteiger partial charge on any atom is 0.341 e. The second kappa shape index (κ2) is 10.1. The van der Waals surface area contributed by atoms with Crippen molar-refractivity contribution in [3.63, 3.8) is 0 Å². The van der Waals surface area contributed by atoms with E-state index in [0.717, 1.165) is 43.6 Å². The van der Waals surface area contributed by atoms with E-state index in [-0.39, 0.29) is 17.7 Å². The van der Waals surface area contributed by atoms with Crippen LogP contribution in [0, 0.1) is 11.7 Å². The monoisotopic (exact) mass is 571 g/mol. The lowest BCUT2D eigenvalue weighted by atomic mass is 10.0. The molecule has 9 heteroatoms. The van der Waals surface area contributed by atoms with E-state index in [9.17, 15) is 9.18 Å². The van der Waals surface area contributed by atoms with Crippen LogP contribution in [-0.2, 0) is 16.1 Å². The number of anilines is 1. The van der Waals surface area contributed by atoms with E-state index >= 15 is 0 Å². The van der Waals surface area contributed by atoms with Gasteiger partial charge < -0.3 is 14.4 Å². The van der Waals surface area contributed by atoms with Gasteiger partial charge in [-0.2, -0.15) is 5.10 Å². The van der Waals surface area contributed by atoms with Crippen LogP contribution < -0.4 is 4.90 Å². The average molecular weight is 573 g/mol. The molecule has 3 fully saturated rings. The Bertz CT molecular complexity index is 1390. The van der Waals surface area contributed by atoms with Gasteiger partial charge in [0.15, 0.2) is 0 Å². The van der Waals surface area contributed by atoms with Crippen molar-refractivity contribution in [2.24, 2.45) is 5.92 Å². The molecule has 6 rings (SSSR count). The number of benzene rings is 2. The molecule has 2 aliphatic carbocycles. The van der Waals surface area contributed by atoms with Crippen molar-refractivity contribution < 1.29 is 18.7 Å². The van der Waals surface area contributed by atoms with Gasteiger partial charge in [0, 0.05) is 24.2 Å². The molecule has 206 valence electrons. The fourth-order valence-electron chi connectivity index (χ4n) is 5.94. The van der Waals surface area contributed by atoms with Crippen molar-refractivity contribution in [3.05, 3.63) is 75.3 Å². The number of carbonyl (C=O) groups excluding carboxylic acids is 1. The molecule has 6 nitrogen and oxygen atoms in total. The van der Waals surface area contributed by atoms with Crippen molar-refractivity contribution in [1.29, 1.82) is 0 Å². The third-order valence-electron chi connectivity index (χ3n) is 7.88. The average Bonchev–Trinajstić information content (AvgIpc) is 3.32. The molecule has 0 spiro atoms. The van der Waals surface area contributed by atoms with Crippen LogP contribution in [0.3, 0.4) is 0 Å². The first-order valence-corrected chi connectivity index (χ1v) is 14.3. The Balaban J connectivity index is 1.14. The standard InChI is InChI=1S/C30H32Cl2FN3O3/c1-30(2,3)39-29(37)21-10-9-19(12-25(21)33)35-15-18-11-20(35)13-27(18)38-16-26-22(17-7-8-17)14-34-36(26)28-23(31)5-4-6-24(28)32/h4-6,9-10,12,14,17-18,20,27H,7-8,11,13,15-16H2,1-3H3/t18-,20-,27+/m0/s1. The van der Waals surface area contributed by atoms with Crippen molar-refractivity contribution >= 4 is 34.9 Å². The number of carbonyl (C=O) groups is 1. The molecule has 1 saturated heterocycles. The second-order valence-electron chi connectivity index (χ2n) is 11.9. The minimum absolute atomic E-state index is 0.0408. The molecule has 39 heavy (non-hydrogen) atoms. The smallest absolute Gasteiger partial charge is 0.341 e. The molecule has 0 amide bonds. The number of esters is 1. The summed E-state index contributed by atoms with van der Waals surface area (Å²) in [6, 6.07) is 10.5. The fourth-order valence-corrected chi connectivity index (χ4v) is 6.50. The molecule has 1 aromatic heterocycles. The summed E-state index contributed by atoms with van der Waals surface area (Å²) in [7, 11) is 0. The molecule has 2 bridgehead atoms. The molecule has 0 radical (unpaired) electrons. The molecule has 2 saturated carbocycles. The fraction of sp³-hybridized carbons (Fsp3) is 0.467. The molecule has 3 atom stereocenters. The van der Waals surface area contributed by atoms with E-state index in [0.29, 0.717) is 34.2 Å². The molecule has 3 aliphatic rings. The number of hydrogen-bond donors (Lipinski definition) is 0. The number of ether oxygens (including phenoxy) is 2. The van der Waals surface area contributed by atoms with Gasteiger partial charge in [0.1, 0.15) is 17.1 Å².